The molecular formula is C20H34ClN3O2. The Morgan fingerprint density at radius 3 is 2.73 bits per heavy atom. The highest BCUT2D eigenvalue weighted by Crippen LogP contribution is 2.29. The van der Waals surface area contributed by atoms with E-state index >= 15 is 0 Å². The highest BCUT2D eigenvalue weighted by Gasteiger charge is 2.34. The minimum absolute atomic E-state index is 0. The molecule has 1 heterocycles. The van der Waals surface area contributed by atoms with E-state index in [9.17, 15) is 0 Å². The van der Waals surface area contributed by atoms with Crippen molar-refractivity contribution in [1.29, 1.82) is 0 Å². The van der Waals surface area contributed by atoms with Gasteiger partial charge in [0.15, 0.2) is 0 Å². The van der Waals surface area contributed by atoms with Gasteiger partial charge in [-0.25, -0.2) is 0 Å². The predicted molar refractivity (Wildman–Crippen MR) is 108 cm³/mol. The van der Waals surface area contributed by atoms with Gasteiger partial charge in [-0.05, 0) is 50.6 Å². The van der Waals surface area contributed by atoms with Crippen molar-refractivity contribution in [3.05, 3.63) is 29.8 Å². The maximum atomic E-state index is 5.76. The molecule has 1 aliphatic heterocycles. The van der Waals surface area contributed by atoms with Gasteiger partial charge in [0.2, 0.25) is 0 Å². The molecule has 1 saturated heterocycles. The second-order valence-corrected chi connectivity index (χ2v) is 7.51. The van der Waals surface area contributed by atoms with E-state index in [4.69, 9.17) is 9.47 Å². The van der Waals surface area contributed by atoms with Gasteiger partial charge >= 0.3 is 0 Å². The summed E-state index contributed by atoms with van der Waals surface area (Å²) in [5.74, 6) is 1.64. The Balaban J connectivity index is 0.00000243. The van der Waals surface area contributed by atoms with Gasteiger partial charge in [-0.3, -0.25) is 0 Å². The molecule has 0 aromatic heterocycles. The van der Waals surface area contributed by atoms with Gasteiger partial charge in [0.25, 0.3) is 0 Å². The SMILES string of the molecule is CN(C)CCOc1ccc(CNC2CCCC2C2COCCN2)cc1.Cl. The number of hydrogen-bond acceptors (Lipinski definition) is 5. The number of likely N-dealkylation sites (N-methyl/N-ethyl adjacent to an activating group) is 1. The summed E-state index contributed by atoms with van der Waals surface area (Å²) in [5, 5.41) is 7.42. The summed E-state index contributed by atoms with van der Waals surface area (Å²) >= 11 is 0. The van der Waals surface area contributed by atoms with Crippen LogP contribution in [0, 0.1) is 5.92 Å². The van der Waals surface area contributed by atoms with Crippen LogP contribution in [0.3, 0.4) is 0 Å². The summed E-state index contributed by atoms with van der Waals surface area (Å²) in [7, 11) is 4.12. The number of hydrogen-bond donors (Lipinski definition) is 2. The van der Waals surface area contributed by atoms with E-state index in [1.807, 2.05) is 0 Å². The fraction of sp³-hybridized carbons (Fsp3) is 0.700. The minimum Gasteiger partial charge on any atom is -0.492 e. The lowest BCUT2D eigenvalue weighted by Crippen LogP contribution is -2.50. The van der Waals surface area contributed by atoms with Crippen molar-refractivity contribution in [3.8, 4) is 5.75 Å². The van der Waals surface area contributed by atoms with E-state index in [1.54, 1.807) is 0 Å². The topological polar surface area (TPSA) is 45.8 Å². The van der Waals surface area contributed by atoms with Crippen LogP contribution in [0.4, 0.5) is 0 Å². The number of morpholine rings is 1. The van der Waals surface area contributed by atoms with Crippen LogP contribution in [-0.4, -0.2) is 64.0 Å². The van der Waals surface area contributed by atoms with Crippen LogP contribution in [0.25, 0.3) is 0 Å². The van der Waals surface area contributed by atoms with E-state index in [1.165, 1.54) is 24.8 Å². The standard InChI is InChI=1S/C20H33N3O2.ClH/c1-23(2)11-13-25-17-8-6-16(7-9-17)14-22-19-5-3-4-18(19)20-15-24-12-10-21-20;/h6-9,18-22H,3-5,10-15H2,1-2H3;1H. The van der Waals surface area contributed by atoms with Crippen LogP contribution < -0.4 is 15.4 Å². The third-order valence-electron chi connectivity index (χ3n) is 5.34. The van der Waals surface area contributed by atoms with Crippen molar-refractivity contribution in [2.24, 2.45) is 5.92 Å². The van der Waals surface area contributed by atoms with Crippen LogP contribution in [0.15, 0.2) is 24.3 Å². The fourth-order valence-corrected chi connectivity index (χ4v) is 3.88. The van der Waals surface area contributed by atoms with Crippen molar-refractivity contribution in [2.75, 3.05) is 47.0 Å². The van der Waals surface area contributed by atoms with E-state index < -0.39 is 0 Å². The van der Waals surface area contributed by atoms with Crippen LogP contribution in [0.5, 0.6) is 5.75 Å². The lowest BCUT2D eigenvalue weighted by molar-refractivity contribution is 0.0524. The molecule has 2 aliphatic rings. The highest BCUT2D eigenvalue weighted by molar-refractivity contribution is 5.85. The van der Waals surface area contributed by atoms with E-state index in [-0.39, 0.29) is 12.4 Å². The Morgan fingerprint density at radius 2 is 2.04 bits per heavy atom. The maximum absolute atomic E-state index is 5.76. The number of benzene rings is 1. The molecule has 0 bridgehead atoms. The molecule has 1 aromatic rings. The van der Waals surface area contributed by atoms with Crippen molar-refractivity contribution in [3.63, 3.8) is 0 Å². The summed E-state index contributed by atoms with van der Waals surface area (Å²) in [4.78, 5) is 2.13. The smallest absolute Gasteiger partial charge is 0.119 e. The summed E-state index contributed by atoms with van der Waals surface area (Å²) in [5.41, 5.74) is 1.32. The van der Waals surface area contributed by atoms with Crippen LogP contribution in [-0.2, 0) is 11.3 Å². The second kappa shape index (κ2) is 11.1. The monoisotopic (exact) mass is 383 g/mol. The summed E-state index contributed by atoms with van der Waals surface area (Å²) < 4.78 is 11.4. The van der Waals surface area contributed by atoms with E-state index in [2.05, 4.69) is 53.9 Å². The Bertz CT molecular complexity index is 506. The number of ether oxygens (including phenoxy) is 2. The Kier molecular flexibility index (Phi) is 9.16. The zero-order valence-corrected chi connectivity index (χ0v) is 16.9. The Morgan fingerprint density at radius 1 is 1.23 bits per heavy atom. The maximum Gasteiger partial charge on any atom is 0.119 e. The number of halogens is 1. The zero-order chi connectivity index (χ0) is 17.5. The molecule has 2 N–H and O–H groups in total. The lowest BCUT2D eigenvalue weighted by Gasteiger charge is -2.33. The minimum atomic E-state index is 0. The van der Waals surface area contributed by atoms with Gasteiger partial charge < -0.3 is 25.0 Å². The summed E-state index contributed by atoms with van der Waals surface area (Å²) in [6.07, 6.45) is 3.89. The van der Waals surface area contributed by atoms with Crippen LogP contribution in [0.1, 0.15) is 24.8 Å². The average molecular weight is 384 g/mol. The quantitative estimate of drug-likeness (QED) is 0.721. The molecule has 0 amide bonds. The molecule has 26 heavy (non-hydrogen) atoms. The van der Waals surface area contributed by atoms with Gasteiger partial charge in [-0.2, -0.15) is 0 Å². The Hall–Kier alpha value is -0.850. The lowest BCUT2D eigenvalue weighted by atomic mass is 9.94. The normalized spacial score (nSPS) is 25.9. The molecule has 5 nitrogen and oxygen atoms in total. The van der Waals surface area contributed by atoms with Crippen molar-refractivity contribution >= 4 is 12.4 Å². The third kappa shape index (κ3) is 6.39. The van der Waals surface area contributed by atoms with Gasteiger partial charge in [0, 0.05) is 31.7 Å². The molecule has 148 valence electrons. The largest absolute Gasteiger partial charge is 0.492 e. The van der Waals surface area contributed by atoms with E-state index in [0.717, 1.165) is 45.2 Å². The van der Waals surface area contributed by atoms with Gasteiger partial charge in [-0.15, -0.1) is 12.4 Å². The molecule has 1 aromatic carbocycles. The Labute approximate surface area is 164 Å². The third-order valence-corrected chi connectivity index (χ3v) is 5.34. The molecule has 3 unspecified atom stereocenters. The second-order valence-electron chi connectivity index (χ2n) is 7.51. The number of rotatable bonds is 8. The molecule has 3 rings (SSSR count). The first-order valence-electron chi connectivity index (χ1n) is 9.63. The van der Waals surface area contributed by atoms with E-state index in [0.29, 0.717) is 18.0 Å². The van der Waals surface area contributed by atoms with Crippen molar-refractivity contribution in [2.45, 2.75) is 37.9 Å². The molecular weight excluding hydrogens is 350 g/mol. The highest BCUT2D eigenvalue weighted by atomic mass is 35.5. The van der Waals surface area contributed by atoms with Crippen molar-refractivity contribution in [1.82, 2.24) is 15.5 Å². The first-order chi connectivity index (χ1) is 12.2. The van der Waals surface area contributed by atoms with Gasteiger partial charge in [-0.1, -0.05) is 18.6 Å². The molecule has 0 spiro atoms. The van der Waals surface area contributed by atoms with Crippen molar-refractivity contribution < 1.29 is 9.47 Å². The molecule has 2 fully saturated rings. The number of nitrogens with zero attached hydrogens (tertiary/aromatic N) is 1. The average Bonchev–Trinajstić information content (AvgIpc) is 3.10. The van der Waals surface area contributed by atoms with Crippen LogP contribution in [0.2, 0.25) is 0 Å². The molecule has 0 radical (unpaired) electrons. The van der Waals surface area contributed by atoms with Gasteiger partial charge in [0.1, 0.15) is 12.4 Å². The first-order valence-corrected chi connectivity index (χ1v) is 9.63. The van der Waals surface area contributed by atoms with Crippen LogP contribution >= 0.6 is 12.4 Å². The first kappa shape index (κ1) is 21.5. The summed E-state index contributed by atoms with van der Waals surface area (Å²) in [6, 6.07) is 9.61. The molecule has 3 atom stereocenters. The van der Waals surface area contributed by atoms with Gasteiger partial charge in [0.05, 0.1) is 13.2 Å². The molecule has 1 aliphatic carbocycles. The fourth-order valence-electron chi connectivity index (χ4n) is 3.88. The predicted octanol–water partition coefficient (Wildman–Crippen LogP) is 2.30. The molecule has 1 saturated carbocycles. The molecule has 6 heteroatoms. The number of nitrogens with one attached hydrogen (secondary N) is 2. The summed E-state index contributed by atoms with van der Waals surface area (Å²) in [6.45, 7) is 5.29. The zero-order valence-electron chi connectivity index (χ0n) is 16.1.